The van der Waals surface area contributed by atoms with Gasteiger partial charge in [0.15, 0.2) is 5.78 Å². The number of nitro benzene ring substituents is 3. The number of aliphatic imine (C=N–C) groups is 1. The minimum absolute atomic E-state index is 0.0599. The van der Waals surface area contributed by atoms with Crippen LogP contribution < -0.4 is 0 Å². The molecule has 0 unspecified atom stereocenters. The molecule has 0 saturated carbocycles. The summed E-state index contributed by atoms with van der Waals surface area (Å²) in [6, 6.07) is 1.18. The molecule has 2 rings (SSSR count). The minimum atomic E-state index is -0.999. The van der Waals surface area contributed by atoms with Crippen LogP contribution in [0.4, 0.5) is 22.7 Å². The number of rotatable bonds is 4. The van der Waals surface area contributed by atoms with E-state index in [0.717, 1.165) is 12.2 Å². The molecule has 0 saturated heterocycles. The molecule has 23 heavy (non-hydrogen) atoms. The molecule has 0 radical (unpaired) electrons. The maximum Gasteiger partial charge on any atom is 0.308 e. The van der Waals surface area contributed by atoms with Crippen molar-refractivity contribution in [2.24, 2.45) is 4.99 Å². The first kappa shape index (κ1) is 15.6. The quantitative estimate of drug-likeness (QED) is 0.467. The lowest BCUT2D eigenvalue weighted by atomic mass is 10.1. The molecule has 116 valence electrons. The first-order valence-electron chi connectivity index (χ1n) is 5.89. The van der Waals surface area contributed by atoms with Crippen LogP contribution in [0.25, 0.3) is 0 Å². The van der Waals surface area contributed by atoms with Crippen LogP contribution in [0, 0.1) is 30.3 Å². The van der Waals surface area contributed by atoms with Gasteiger partial charge in [0.25, 0.3) is 5.69 Å². The second-order valence-corrected chi connectivity index (χ2v) is 4.21. The van der Waals surface area contributed by atoms with Gasteiger partial charge in [0.05, 0.1) is 32.6 Å². The lowest BCUT2D eigenvalue weighted by molar-refractivity contribution is -0.402. The Kier molecular flexibility index (Phi) is 4.03. The zero-order valence-electron chi connectivity index (χ0n) is 11.1. The molecule has 11 heteroatoms. The van der Waals surface area contributed by atoms with Crippen molar-refractivity contribution in [3.8, 4) is 0 Å². The number of carbonyl (C=O) groups excluding carboxylic acids is 1. The third-order valence-electron chi connectivity index (χ3n) is 2.74. The Morgan fingerprint density at radius 1 is 0.783 bits per heavy atom. The van der Waals surface area contributed by atoms with Crippen LogP contribution in [0.2, 0.25) is 0 Å². The number of nitrogens with zero attached hydrogens (tertiary/aromatic N) is 4. The summed E-state index contributed by atoms with van der Waals surface area (Å²) in [6.07, 6.45) is 4.69. The van der Waals surface area contributed by atoms with Gasteiger partial charge in [-0.25, -0.2) is 4.99 Å². The van der Waals surface area contributed by atoms with Gasteiger partial charge in [-0.15, -0.1) is 0 Å². The Hall–Kier alpha value is -3.76. The third kappa shape index (κ3) is 3.29. The number of hydrogen-bond acceptors (Lipinski definition) is 8. The van der Waals surface area contributed by atoms with Crippen LogP contribution in [-0.4, -0.2) is 26.3 Å². The van der Waals surface area contributed by atoms with Gasteiger partial charge in [-0.1, -0.05) is 0 Å². The molecule has 0 aromatic heterocycles. The van der Waals surface area contributed by atoms with Crippen molar-refractivity contribution < 1.29 is 19.6 Å². The normalized spacial score (nSPS) is 13.0. The van der Waals surface area contributed by atoms with Crippen LogP contribution in [0.3, 0.4) is 0 Å². The summed E-state index contributed by atoms with van der Waals surface area (Å²) in [5, 5.41) is 32.9. The fraction of sp³-hybridized carbons (Fsp3) is 0. The van der Waals surface area contributed by atoms with Gasteiger partial charge in [0.2, 0.25) is 5.69 Å². The first-order valence-corrected chi connectivity index (χ1v) is 5.89. The molecule has 0 heterocycles. The monoisotopic (exact) mass is 318 g/mol. The zero-order chi connectivity index (χ0) is 17.1. The van der Waals surface area contributed by atoms with E-state index in [2.05, 4.69) is 4.99 Å². The Bertz CT molecular complexity index is 785. The van der Waals surface area contributed by atoms with E-state index < -0.39 is 37.5 Å². The van der Waals surface area contributed by atoms with Crippen LogP contribution in [0.5, 0.6) is 0 Å². The number of ketones is 1. The number of non-ortho nitro benzene ring substituents is 1. The highest BCUT2D eigenvalue weighted by Crippen LogP contribution is 2.40. The van der Waals surface area contributed by atoms with Gasteiger partial charge in [-0.05, 0) is 24.3 Å². The van der Waals surface area contributed by atoms with E-state index in [0.29, 0.717) is 12.1 Å². The Balaban J connectivity index is 2.72. The summed E-state index contributed by atoms with van der Waals surface area (Å²) >= 11 is 0. The lowest BCUT2D eigenvalue weighted by Crippen LogP contribution is -2.01. The fourth-order valence-electron chi connectivity index (χ4n) is 1.74. The van der Waals surface area contributed by atoms with Crippen LogP contribution >= 0.6 is 0 Å². The fourth-order valence-corrected chi connectivity index (χ4v) is 1.74. The highest BCUT2D eigenvalue weighted by atomic mass is 16.6. The van der Waals surface area contributed by atoms with Crippen molar-refractivity contribution in [3.63, 3.8) is 0 Å². The lowest BCUT2D eigenvalue weighted by Gasteiger charge is -2.02. The van der Waals surface area contributed by atoms with Gasteiger partial charge in [0.1, 0.15) is 0 Å². The molecule has 1 aromatic carbocycles. The number of hydrogen-bond donors (Lipinski definition) is 0. The van der Waals surface area contributed by atoms with Crippen molar-refractivity contribution in [3.05, 3.63) is 66.8 Å². The molecule has 1 aromatic rings. The number of benzene rings is 1. The number of allylic oxidation sites excluding steroid dienone is 4. The van der Waals surface area contributed by atoms with Gasteiger partial charge in [-0.3, -0.25) is 35.1 Å². The summed E-state index contributed by atoms with van der Waals surface area (Å²) < 4.78 is 0. The molecule has 0 spiro atoms. The highest BCUT2D eigenvalue weighted by Gasteiger charge is 2.30. The van der Waals surface area contributed by atoms with Gasteiger partial charge < -0.3 is 0 Å². The second-order valence-electron chi connectivity index (χ2n) is 4.21. The highest BCUT2D eigenvalue weighted by molar-refractivity contribution is 6.17. The average Bonchev–Trinajstić information content (AvgIpc) is 2.48. The predicted molar refractivity (Wildman–Crippen MR) is 76.8 cm³/mol. The summed E-state index contributed by atoms with van der Waals surface area (Å²) in [5.74, 6) is -0.336. The Morgan fingerprint density at radius 2 is 1.26 bits per heavy atom. The molecule has 0 bridgehead atoms. The predicted octanol–water partition coefficient (Wildman–Crippen LogP) is 2.18. The Morgan fingerprint density at radius 3 is 1.65 bits per heavy atom. The summed E-state index contributed by atoms with van der Waals surface area (Å²) in [6.45, 7) is 0. The molecular weight excluding hydrogens is 312 g/mol. The van der Waals surface area contributed by atoms with E-state index in [1.54, 1.807) is 0 Å². The van der Waals surface area contributed by atoms with E-state index in [1.165, 1.54) is 12.2 Å². The van der Waals surface area contributed by atoms with Crippen molar-refractivity contribution in [2.75, 3.05) is 0 Å². The van der Waals surface area contributed by atoms with Crippen molar-refractivity contribution in [1.29, 1.82) is 0 Å². The van der Waals surface area contributed by atoms with Crippen LogP contribution in [-0.2, 0) is 4.79 Å². The Labute approximate surface area is 126 Å². The standard InChI is InChI=1S/C12H6N4O7/c17-9-3-1-7(2-4-9)13-12-10(15(20)21)5-8(14(18)19)6-11(12)16(22)23/h1-6H. The maximum absolute atomic E-state index is 11.1. The minimum Gasteiger partial charge on any atom is -0.290 e. The van der Waals surface area contributed by atoms with Gasteiger partial charge >= 0.3 is 11.4 Å². The molecule has 0 atom stereocenters. The smallest absolute Gasteiger partial charge is 0.290 e. The summed E-state index contributed by atoms with van der Waals surface area (Å²) in [7, 11) is 0. The molecule has 1 aliphatic rings. The molecule has 0 fully saturated rings. The molecule has 0 aliphatic heterocycles. The average molecular weight is 318 g/mol. The topological polar surface area (TPSA) is 159 Å². The van der Waals surface area contributed by atoms with Crippen molar-refractivity contribution in [1.82, 2.24) is 0 Å². The van der Waals surface area contributed by atoms with E-state index >= 15 is 0 Å². The number of carbonyl (C=O) groups is 1. The molecule has 0 N–H and O–H groups in total. The zero-order valence-corrected chi connectivity index (χ0v) is 11.1. The molecule has 0 amide bonds. The SMILES string of the molecule is O=C1C=CC(=Nc2c([N+](=O)[O-])cc([N+](=O)[O-])cc2[N+](=O)[O-])C=C1. The summed E-state index contributed by atoms with van der Waals surface area (Å²) in [4.78, 5) is 44.7. The largest absolute Gasteiger partial charge is 0.308 e. The third-order valence-corrected chi connectivity index (χ3v) is 2.74. The molecular formula is C12H6N4O7. The van der Waals surface area contributed by atoms with Gasteiger partial charge in [0, 0.05) is 0 Å². The van der Waals surface area contributed by atoms with E-state index in [9.17, 15) is 35.1 Å². The van der Waals surface area contributed by atoms with Gasteiger partial charge in [-0.2, -0.15) is 0 Å². The maximum atomic E-state index is 11.1. The van der Waals surface area contributed by atoms with Crippen LogP contribution in [0.15, 0.2) is 41.4 Å². The van der Waals surface area contributed by atoms with E-state index in [-0.39, 0.29) is 11.5 Å². The van der Waals surface area contributed by atoms with E-state index in [4.69, 9.17) is 0 Å². The van der Waals surface area contributed by atoms with Crippen molar-refractivity contribution in [2.45, 2.75) is 0 Å². The first-order chi connectivity index (χ1) is 10.8. The van der Waals surface area contributed by atoms with Crippen molar-refractivity contribution >= 4 is 34.2 Å². The second kappa shape index (κ2) is 5.93. The number of nitro groups is 3. The van der Waals surface area contributed by atoms with E-state index in [1.807, 2.05) is 0 Å². The molecule has 11 nitrogen and oxygen atoms in total. The van der Waals surface area contributed by atoms with Crippen LogP contribution in [0.1, 0.15) is 0 Å². The summed E-state index contributed by atoms with van der Waals surface area (Å²) in [5.41, 5.74) is -3.12. The molecule has 1 aliphatic carbocycles.